The fraction of sp³-hybridized carbons (Fsp3) is 0.222. The number of rotatable bonds is 1. The molecule has 0 aliphatic carbocycles. The summed E-state index contributed by atoms with van der Waals surface area (Å²) >= 11 is 0. The van der Waals surface area contributed by atoms with Crippen LogP contribution in [0.2, 0.25) is 0 Å². The van der Waals surface area contributed by atoms with Crippen molar-refractivity contribution in [1.82, 2.24) is 9.78 Å². The Morgan fingerprint density at radius 2 is 2.31 bits per heavy atom. The van der Waals surface area contributed by atoms with Crippen LogP contribution in [0.3, 0.4) is 0 Å². The Morgan fingerprint density at radius 3 is 3.00 bits per heavy atom. The van der Waals surface area contributed by atoms with E-state index in [1.165, 1.54) is 12.1 Å². The predicted molar refractivity (Wildman–Crippen MR) is 49.8 cm³/mol. The Balaban J connectivity index is 2.76. The molecule has 2 rings (SSSR count). The Labute approximate surface area is 75.0 Å². The molecule has 4 heteroatoms. The van der Waals surface area contributed by atoms with Gasteiger partial charge >= 0.3 is 0 Å². The van der Waals surface area contributed by atoms with Gasteiger partial charge in [0.05, 0.1) is 5.52 Å². The van der Waals surface area contributed by atoms with Crippen LogP contribution >= 0.6 is 0 Å². The Hall–Kier alpha value is -1.58. The highest BCUT2D eigenvalue weighted by Crippen LogP contribution is 2.20. The van der Waals surface area contributed by atoms with Crippen molar-refractivity contribution in [2.24, 2.45) is 0 Å². The molecule has 1 aromatic carbocycles. The number of nitrogens with two attached hydrogens (primary N) is 1. The standard InChI is InChI=1S/C9H10FN3/c1-2-13-9(11)7-4-3-6(10)5-8(7)12-13/h3-5H,2,11H2,1H3. The molecule has 0 unspecified atom stereocenters. The van der Waals surface area contributed by atoms with Gasteiger partial charge in [0.15, 0.2) is 0 Å². The third kappa shape index (κ3) is 1.14. The van der Waals surface area contributed by atoms with Crippen LogP contribution in [0.5, 0.6) is 0 Å². The molecule has 0 saturated carbocycles. The number of aromatic nitrogens is 2. The Bertz CT molecular complexity index is 447. The highest BCUT2D eigenvalue weighted by Gasteiger charge is 2.06. The second-order valence-corrected chi connectivity index (χ2v) is 2.86. The normalized spacial score (nSPS) is 10.9. The monoisotopic (exact) mass is 179 g/mol. The number of anilines is 1. The van der Waals surface area contributed by atoms with E-state index in [2.05, 4.69) is 5.10 Å². The van der Waals surface area contributed by atoms with Crippen molar-refractivity contribution in [2.75, 3.05) is 5.73 Å². The minimum atomic E-state index is -0.284. The Morgan fingerprint density at radius 1 is 1.54 bits per heavy atom. The molecule has 0 spiro atoms. The average Bonchev–Trinajstić information content (AvgIpc) is 2.42. The SMILES string of the molecule is CCn1nc2cc(F)ccc2c1N. The van der Waals surface area contributed by atoms with Crippen LogP contribution in [0.15, 0.2) is 18.2 Å². The minimum Gasteiger partial charge on any atom is -0.383 e. The molecule has 0 atom stereocenters. The summed E-state index contributed by atoms with van der Waals surface area (Å²) in [4.78, 5) is 0. The van der Waals surface area contributed by atoms with E-state index in [0.717, 1.165) is 5.39 Å². The smallest absolute Gasteiger partial charge is 0.129 e. The number of fused-ring (bicyclic) bond motifs is 1. The lowest BCUT2D eigenvalue weighted by atomic mass is 10.2. The first-order valence-corrected chi connectivity index (χ1v) is 4.14. The average molecular weight is 179 g/mol. The molecule has 3 nitrogen and oxygen atoms in total. The number of nitrogen functional groups attached to an aromatic ring is 1. The molecule has 2 aromatic rings. The van der Waals surface area contributed by atoms with E-state index >= 15 is 0 Å². The molecule has 0 bridgehead atoms. The predicted octanol–water partition coefficient (Wildman–Crippen LogP) is 1.78. The molecule has 0 amide bonds. The van der Waals surface area contributed by atoms with Crippen molar-refractivity contribution in [2.45, 2.75) is 13.5 Å². The minimum absolute atomic E-state index is 0.284. The molecular weight excluding hydrogens is 169 g/mol. The maximum atomic E-state index is 12.8. The van der Waals surface area contributed by atoms with Gasteiger partial charge < -0.3 is 5.73 Å². The quantitative estimate of drug-likeness (QED) is 0.725. The van der Waals surface area contributed by atoms with Crippen molar-refractivity contribution in [3.63, 3.8) is 0 Å². The molecule has 0 saturated heterocycles. The zero-order chi connectivity index (χ0) is 9.42. The summed E-state index contributed by atoms with van der Waals surface area (Å²) < 4.78 is 14.4. The number of aryl methyl sites for hydroxylation is 1. The molecule has 0 aliphatic rings. The fourth-order valence-corrected chi connectivity index (χ4v) is 1.37. The van der Waals surface area contributed by atoms with E-state index in [1.54, 1.807) is 10.7 Å². The lowest BCUT2D eigenvalue weighted by molar-refractivity contribution is 0.628. The summed E-state index contributed by atoms with van der Waals surface area (Å²) in [5.41, 5.74) is 6.39. The van der Waals surface area contributed by atoms with E-state index in [4.69, 9.17) is 5.73 Å². The second kappa shape index (κ2) is 2.73. The zero-order valence-electron chi connectivity index (χ0n) is 7.29. The largest absolute Gasteiger partial charge is 0.383 e. The molecule has 0 aliphatic heterocycles. The fourth-order valence-electron chi connectivity index (χ4n) is 1.37. The van der Waals surface area contributed by atoms with Gasteiger partial charge in [-0.05, 0) is 19.1 Å². The molecular formula is C9H10FN3. The lowest BCUT2D eigenvalue weighted by Crippen LogP contribution is -2.01. The van der Waals surface area contributed by atoms with Crippen LogP contribution in [0.4, 0.5) is 10.2 Å². The van der Waals surface area contributed by atoms with Crippen LogP contribution in [0.1, 0.15) is 6.92 Å². The van der Waals surface area contributed by atoms with Crippen LogP contribution in [-0.4, -0.2) is 9.78 Å². The van der Waals surface area contributed by atoms with Gasteiger partial charge in [0.2, 0.25) is 0 Å². The first kappa shape index (κ1) is 8.04. The van der Waals surface area contributed by atoms with Crippen molar-refractivity contribution >= 4 is 16.7 Å². The van der Waals surface area contributed by atoms with Gasteiger partial charge in [-0.25, -0.2) is 9.07 Å². The third-order valence-corrected chi connectivity index (χ3v) is 2.04. The summed E-state index contributed by atoms with van der Waals surface area (Å²) in [6, 6.07) is 4.43. The van der Waals surface area contributed by atoms with E-state index in [-0.39, 0.29) is 5.82 Å². The second-order valence-electron chi connectivity index (χ2n) is 2.86. The van der Waals surface area contributed by atoms with Gasteiger partial charge in [0.25, 0.3) is 0 Å². The van der Waals surface area contributed by atoms with Crippen LogP contribution < -0.4 is 5.73 Å². The highest BCUT2D eigenvalue weighted by molar-refractivity contribution is 5.88. The topological polar surface area (TPSA) is 43.8 Å². The number of hydrogen-bond donors (Lipinski definition) is 1. The lowest BCUT2D eigenvalue weighted by Gasteiger charge is -1.96. The number of benzene rings is 1. The number of hydrogen-bond acceptors (Lipinski definition) is 2. The van der Waals surface area contributed by atoms with E-state index in [0.29, 0.717) is 17.9 Å². The third-order valence-electron chi connectivity index (χ3n) is 2.04. The first-order chi connectivity index (χ1) is 6.22. The van der Waals surface area contributed by atoms with Gasteiger partial charge in [-0.15, -0.1) is 0 Å². The van der Waals surface area contributed by atoms with E-state index < -0.39 is 0 Å². The molecule has 68 valence electrons. The van der Waals surface area contributed by atoms with Gasteiger partial charge in [0.1, 0.15) is 11.6 Å². The number of halogens is 1. The summed E-state index contributed by atoms with van der Waals surface area (Å²) in [5.74, 6) is 0.311. The molecule has 13 heavy (non-hydrogen) atoms. The summed E-state index contributed by atoms with van der Waals surface area (Å²) in [6.45, 7) is 2.64. The van der Waals surface area contributed by atoms with Crippen molar-refractivity contribution < 1.29 is 4.39 Å². The van der Waals surface area contributed by atoms with Crippen LogP contribution in [0.25, 0.3) is 10.9 Å². The number of nitrogens with zero attached hydrogens (tertiary/aromatic N) is 2. The maximum absolute atomic E-state index is 12.8. The van der Waals surface area contributed by atoms with Gasteiger partial charge in [0, 0.05) is 18.0 Å². The summed E-state index contributed by atoms with van der Waals surface area (Å²) in [6.07, 6.45) is 0. The molecule has 2 N–H and O–H groups in total. The van der Waals surface area contributed by atoms with Crippen molar-refractivity contribution in [3.05, 3.63) is 24.0 Å². The zero-order valence-corrected chi connectivity index (χ0v) is 7.29. The molecule has 0 fully saturated rings. The van der Waals surface area contributed by atoms with Gasteiger partial charge in [-0.3, -0.25) is 0 Å². The van der Waals surface area contributed by atoms with Crippen molar-refractivity contribution in [3.8, 4) is 0 Å². The van der Waals surface area contributed by atoms with E-state index in [9.17, 15) is 4.39 Å². The highest BCUT2D eigenvalue weighted by atomic mass is 19.1. The van der Waals surface area contributed by atoms with Crippen LogP contribution in [-0.2, 0) is 6.54 Å². The Kier molecular flexibility index (Phi) is 1.69. The van der Waals surface area contributed by atoms with Crippen molar-refractivity contribution in [1.29, 1.82) is 0 Å². The van der Waals surface area contributed by atoms with Gasteiger partial charge in [-0.1, -0.05) is 0 Å². The maximum Gasteiger partial charge on any atom is 0.129 e. The first-order valence-electron chi connectivity index (χ1n) is 4.14. The van der Waals surface area contributed by atoms with Gasteiger partial charge in [-0.2, -0.15) is 5.10 Å². The van der Waals surface area contributed by atoms with Crippen LogP contribution in [0, 0.1) is 5.82 Å². The molecule has 1 heterocycles. The molecule has 1 aromatic heterocycles. The molecule has 0 radical (unpaired) electrons. The van der Waals surface area contributed by atoms with E-state index in [1.807, 2.05) is 6.92 Å². The summed E-state index contributed by atoms with van der Waals surface area (Å²) in [5, 5.41) is 4.95. The summed E-state index contributed by atoms with van der Waals surface area (Å²) in [7, 11) is 0.